The molecule has 3 aromatic rings. The van der Waals surface area contributed by atoms with E-state index in [1.807, 2.05) is 18.2 Å². The first-order valence-corrected chi connectivity index (χ1v) is 10.5. The maximum Gasteiger partial charge on any atom is 0.335 e. The number of ether oxygens (including phenoxy) is 1. The zero-order valence-electron chi connectivity index (χ0n) is 15.3. The number of piperidine rings is 1. The van der Waals surface area contributed by atoms with Gasteiger partial charge in [0.2, 0.25) is 0 Å². The Hall–Kier alpha value is -2.31. The molecular formula is C21H21ClN2O3S. The van der Waals surface area contributed by atoms with Gasteiger partial charge in [0.05, 0.1) is 22.4 Å². The smallest absolute Gasteiger partial charge is 0.335 e. The van der Waals surface area contributed by atoms with Crippen LogP contribution in [0.15, 0.2) is 42.5 Å². The second-order valence-electron chi connectivity index (χ2n) is 7.01. The number of aromatic nitrogens is 1. The molecule has 1 saturated heterocycles. The van der Waals surface area contributed by atoms with Crippen molar-refractivity contribution >= 4 is 44.3 Å². The highest BCUT2D eigenvalue weighted by molar-refractivity contribution is 7.22. The monoisotopic (exact) mass is 416 g/mol. The number of hydrogen-bond donors (Lipinski definition) is 1. The van der Waals surface area contributed by atoms with Gasteiger partial charge >= 0.3 is 5.97 Å². The van der Waals surface area contributed by atoms with Gasteiger partial charge in [0.25, 0.3) is 0 Å². The third kappa shape index (κ3) is 4.39. The minimum Gasteiger partial charge on any atom is -0.494 e. The van der Waals surface area contributed by atoms with E-state index >= 15 is 0 Å². The van der Waals surface area contributed by atoms with Crippen molar-refractivity contribution in [1.82, 2.24) is 4.98 Å². The summed E-state index contributed by atoms with van der Waals surface area (Å²) in [4.78, 5) is 18.1. The lowest BCUT2D eigenvalue weighted by Gasteiger charge is -2.31. The van der Waals surface area contributed by atoms with E-state index in [0.29, 0.717) is 18.3 Å². The van der Waals surface area contributed by atoms with Crippen LogP contribution in [0.3, 0.4) is 0 Å². The SMILES string of the molecule is O=C(O)c1cccc(OCCC2CCN(c3nc4ccc(Cl)cc4s3)CC2)c1. The Labute approximate surface area is 172 Å². The molecule has 1 aliphatic heterocycles. The largest absolute Gasteiger partial charge is 0.494 e. The second-order valence-corrected chi connectivity index (χ2v) is 8.45. The van der Waals surface area contributed by atoms with Crippen molar-refractivity contribution in [3.8, 4) is 5.75 Å². The molecule has 146 valence electrons. The number of halogens is 1. The number of carboxylic acid groups (broad SMARTS) is 1. The van der Waals surface area contributed by atoms with E-state index in [-0.39, 0.29) is 5.56 Å². The molecule has 2 heterocycles. The van der Waals surface area contributed by atoms with E-state index in [1.54, 1.807) is 35.6 Å². The molecule has 1 fully saturated rings. The molecule has 0 spiro atoms. The van der Waals surface area contributed by atoms with Gasteiger partial charge in [-0.05, 0) is 61.6 Å². The van der Waals surface area contributed by atoms with Gasteiger partial charge in [-0.1, -0.05) is 29.0 Å². The number of nitrogens with zero attached hydrogens (tertiary/aromatic N) is 2. The Morgan fingerprint density at radius 1 is 1.25 bits per heavy atom. The summed E-state index contributed by atoms with van der Waals surface area (Å²) in [5, 5.41) is 10.9. The molecule has 28 heavy (non-hydrogen) atoms. The van der Waals surface area contributed by atoms with Crippen molar-refractivity contribution in [2.45, 2.75) is 19.3 Å². The minimum atomic E-state index is -0.935. The average Bonchev–Trinajstić information content (AvgIpc) is 3.12. The van der Waals surface area contributed by atoms with Crippen molar-refractivity contribution in [3.05, 3.63) is 53.1 Å². The van der Waals surface area contributed by atoms with E-state index in [1.165, 1.54) is 0 Å². The highest BCUT2D eigenvalue weighted by Crippen LogP contribution is 2.33. The fourth-order valence-electron chi connectivity index (χ4n) is 3.50. The molecule has 0 atom stereocenters. The number of benzene rings is 2. The normalized spacial score (nSPS) is 15.1. The number of carbonyl (C=O) groups is 1. The molecule has 0 unspecified atom stereocenters. The second kappa shape index (κ2) is 8.37. The van der Waals surface area contributed by atoms with Crippen LogP contribution in [0.25, 0.3) is 10.2 Å². The lowest BCUT2D eigenvalue weighted by molar-refractivity contribution is 0.0696. The summed E-state index contributed by atoms with van der Waals surface area (Å²) in [6.45, 7) is 2.59. The number of rotatable bonds is 6. The van der Waals surface area contributed by atoms with Crippen molar-refractivity contribution < 1.29 is 14.6 Å². The Kier molecular flexibility index (Phi) is 5.69. The fourth-order valence-corrected chi connectivity index (χ4v) is 4.79. The predicted octanol–water partition coefficient (Wildman–Crippen LogP) is 5.33. The first kappa shape index (κ1) is 19.0. The Bertz CT molecular complexity index is 983. The van der Waals surface area contributed by atoms with Crippen LogP contribution in [0, 0.1) is 5.92 Å². The molecule has 0 amide bonds. The highest BCUT2D eigenvalue weighted by Gasteiger charge is 2.21. The topological polar surface area (TPSA) is 62.7 Å². The third-order valence-electron chi connectivity index (χ3n) is 5.10. The molecule has 0 saturated carbocycles. The summed E-state index contributed by atoms with van der Waals surface area (Å²) < 4.78 is 6.89. The van der Waals surface area contributed by atoms with Gasteiger partial charge in [-0.3, -0.25) is 0 Å². The van der Waals surface area contributed by atoms with Crippen LogP contribution < -0.4 is 9.64 Å². The fraction of sp³-hybridized carbons (Fsp3) is 0.333. The molecule has 7 heteroatoms. The van der Waals surface area contributed by atoms with Crippen LogP contribution in [0.2, 0.25) is 5.02 Å². The van der Waals surface area contributed by atoms with E-state index < -0.39 is 5.97 Å². The van der Waals surface area contributed by atoms with Gasteiger partial charge in [-0.2, -0.15) is 0 Å². The van der Waals surface area contributed by atoms with Crippen LogP contribution in [0.4, 0.5) is 5.13 Å². The number of aromatic carboxylic acids is 1. The Morgan fingerprint density at radius 2 is 2.07 bits per heavy atom. The molecule has 5 nitrogen and oxygen atoms in total. The Balaban J connectivity index is 1.27. The van der Waals surface area contributed by atoms with Gasteiger partial charge in [0.1, 0.15) is 5.75 Å². The molecule has 2 aromatic carbocycles. The maximum atomic E-state index is 11.0. The van der Waals surface area contributed by atoms with Gasteiger partial charge < -0.3 is 14.7 Å². The Morgan fingerprint density at radius 3 is 2.86 bits per heavy atom. The first-order valence-electron chi connectivity index (χ1n) is 9.36. The molecule has 0 aliphatic carbocycles. The first-order chi connectivity index (χ1) is 13.6. The summed E-state index contributed by atoms with van der Waals surface area (Å²) in [6.07, 6.45) is 3.19. The molecule has 1 aliphatic rings. The predicted molar refractivity (Wildman–Crippen MR) is 113 cm³/mol. The van der Waals surface area contributed by atoms with Crippen LogP contribution in [-0.4, -0.2) is 35.8 Å². The molecule has 0 radical (unpaired) electrons. The zero-order valence-corrected chi connectivity index (χ0v) is 16.9. The van der Waals surface area contributed by atoms with Crippen LogP contribution in [-0.2, 0) is 0 Å². The highest BCUT2D eigenvalue weighted by atomic mass is 35.5. The molecule has 0 bridgehead atoms. The summed E-state index contributed by atoms with van der Waals surface area (Å²) in [7, 11) is 0. The lowest BCUT2D eigenvalue weighted by Crippen LogP contribution is -2.34. The standard InChI is InChI=1S/C21H21ClN2O3S/c22-16-4-5-18-19(13-16)28-21(23-18)24-9-6-14(7-10-24)8-11-27-17-3-1-2-15(12-17)20(25)26/h1-5,12-14H,6-11H2,(H,25,26). The third-order valence-corrected chi connectivity index (χ3v) is 6.41. The van der Waals surface area contributed by atoms with Gasteiger partial charge in [-0.15, -0.1) is 0 Å². The van der Waals surface area contributed by atoms with Crippen LogP contribution in [0.1, 0.15) is 29.6 Å². The van der Waals surface area contributed by atoms with E-state index in [2.05, 4.69) is 4.90 Å². The van der Waals surface area contributed by atoms with E-state index in [0.717, 1.165) is 52.7 Å². The summed E-state index contributed by atoms with van der Waals surface area (Å²) in [6, 6.07) is 12.5. The number of fused-ring (bicyclic) bond motifs is 1. The summed E-state index contributed by atoms with van der Waals surface area (Å²) in [5.41, 5.74) is 1.26. The van der Waals surface area contributed by atoms with Crippen molar-refractivity contribution in [2.75, 3.05) is 24.6 Å². The van der Waals surface area contributed by atoms with E-state index in [9.17, 15) is 4.79 Å². The number of thiazole rings is 1. The molecule has 4 rings (SSSR count). The quantitative estimate of drug-likeness (QED) is 0.588. The number of hydrogen-bond acceptors (Lipinski definition) is 5. The lowest BCUT2D eigenvalue weighted by atomic mass is 9.94. The molecule has 1 aromatic heterocycles. The van der Waals surface area contributed by atoms with E-state index in [4.69, 9.17) is 26.4 Å². The maximum absolute atomic E-state index is 11.0. The van der Waals surface area contributed by atoms with Crippen molar-refractivity contribution in [2.24, 2.45) is 5.92 Å². The zero-order chi connectivity index (χ0) is 19.5. The van der Waals surface area contributed by atoms with Crippen molar-refractivity contribution in [3.63, 3.8) is 0 Å². The average molecular weight is 417 g/mol. The van der Waals surface area contributed by atoms with Gasteiger partial charge in [0, 0.05) is 18.1 Å². The van der Waals surface area contributed by atoms with Crippen molar-refractivity contribution in [1.29, 1.82) is 0 Å². The number of carboxylic acids is 1. The minimum absolute atomic E-state index is 0.253. The van der Waals surface area contributed by atoms with Crippen LogP contribution in [0.5, 0.6) is 5.75 Å². The number of anilines is 1. The summed E-state index contributed by atoms with van der Waals surface area (Å²) >= 11 is 7.77. The summed E-state index contributed by atoms with van der Waals surface area (Å²) in [5.74, 6) is 0.295. The van der Waals surface area contributed by atoms with Gasteiger partial charge in [0.15, 0.2) is 5.13 Å². The molecule has 1 N–H and O–H groups in total. The van der Waals surface area contributed by atoms with Crippen LogP contribution >= 0.6 is 22.9 Å². The molecular weight excluding hydrogens is 396 g/mol. The van der Waals surface area contributed by atoms with Gasteiger partial charge in [-0.25, -0.2) is 9.78 Å².